The molecule has 0 aromatic carbocycles. The first-order valence-corrected chi connectivity index (χ1v) is 2.71. The van der Waals surface area contributed by atoms with Gasteiger partial charge in [-0.2, -0.15) is 0 Å². The van der Waals surface area contributed by atoms with Crippen molar-refractivity contribution in [2.75, 3.05) is 7.05 Å². The van der Waals surface area contributed by atoms with Crippen LogP contribution in [0.1, 0.15) is 13.8 Å². The fourth-order valence-electron chi connectivity index (χ4n) is 0.251. The number of hydrogen-bond donors (Lipinski definition) is 2. The Hall–Kier alpha value is -0.570. The summed E-state index contributed by atoms with van der Waals surface area (Å²) in [7, 11) is 1.80. The Labute approximate surface area is 50.2 Å². The second-order valence-corrected chi connectivity index (χ2v) is 1.77. The van der Waals surface area contributed by atoms with Gasteiger partial charge in [-0.3, -0.25) is 4.99 Å². The number of hydrazine groups is 1. The van der Waals surface area contributed by atoms with Crippen LogP contribution in [0.15, 0.2) is 4.99 Å². The van der Waals surface area contributed by atoms with Gasteiger partial charge >= 0.3 is 0 Å². The van der Waals surface area contributed by atoms with Crippen LogP contribution in [0.4, 0.5) is 0 Å². The van der Waals surface area contributed by atoms with Crippen molar-refractivity contribution in [3.05, 3.63) is 0 Å². The normalized spacial score (nSPS) is 11.0. The molecule has 3 heteroatoms. The van der Waals surface area contributed by atoms with E-state index in [4.69, 9.17) is 0 Å². The number of nitrogens with zero attached hydrogens (tertiary/aromatic N) is 1. The van der Waals surface area contributed by atoms with Gasteiger partial charge < -0.3 is 5.43 Å². The lowest BCUT2D eigenvalue weighted by Gasteiger charge is -1.95. The van der Waals surface area contributed by atoms with Gasteiger partial charge in [0.2, 0.25) is 0 Å². The largest absolute Gasteiger partial charge is 0.313 e. The molecular weight excluding hydrogens is 102 g/mol. The maximum Gasteiger partial charge on any atom is 0.0969 e. The van der Waals surface area contributed by atoms with Crippen molar-refractivity contribution in [3.8, 4) is 0 Å². The molecule has 2 N–H and O–H groups in total. The van der Waals surface area contributed by atoms with Gasteiger partial charge in [0, 0.05) is 13.1 Å². The number of nitrogens with one attached hydrogen (secondary N) is 2. The van der Waals surface area contributed by atoms with E-state index in [0.717, 1.165) is 0 Å². The van der Waals surface area contributed by atoms with E-state index in [0.29, 0.717) is 6.04 Å². The molecule has 0 unspecified atom stereocenters. The topological polar surface area (TPSA) is 36.4 Å². The van der Waals surface area contributed by atoms with Crippen LogP contribution in [-0.4, -0.2) is 19.4 Å². The molecule has 0 rings (SSSR count). The molecule has 0 aliphatic heterocycles. The van der Waals surface area contributed by atoms with Crippen molar-refractivity contribution in [1.29, 1.82) is 0 Å². The van der Waals surface area contributed by atoms with Crippen molar-refractivity contribution < 1.29 is 0 Å². The van der Waals surface area contributed by atoms with Gasteiger partial charge in [0.1, 0.15) is 0 Å². The number of aliphatic imine (C=N–C) groups is 1. The summed E-state index contributed by atoms with van der Waals surface area (Å²) in [5.41, 5.74) is 5.46. The van der Waals surface area contributed by atoms with Crippen LogP contribution in [0.5, 0.6) is 0 Å². The van der Waals surface area contributed by atoms with Gasteiger partial charge in [-0.1, -0.05) is 0 Å². The van der Waals surface area contributed by atoms with Crippen molar-refractivity contribution in [2.45, 2.75) is 19.9 Å². The third kappa shape index (κ3) is 5.43. The minimum Gasteiger partial charge on any atom is -0.313 e. The highest BCUT2D eigenvalue weighted by molar-refractivity contribution is 5.53. The fraction of sp³-hybridized carbons (Fsp3) is 0.800. The SMILES string of the molecule is CNNC=NC(C)C. The molecule has 0 saturated carbocycles. The molecule has 0 aliphatic rings. The molecule has 0 atom stereocenters. The lowest BCUT2D eigenvalue weighted by atomic mass is 10.4. The molecule has 0 bridgehead atoms. The number of hydrogen-bond acceptors (Lipinski definition) is 2. The van der Waals surface area contributed by atoms with Gasteiger partial charge in [0.15, 0.2) is 0 Å². The molecule has 0 aliphatic carbocycles. The van der Waals surface area contributed by atoms with Crippen LogP contribution in [-0.2, 0) is 0 Å². The zero-order valence-electron chi connectivity index (χ0n) is 5.60. The molecule has 0 fully saturated rings. The van der Waals surface area contributed by atoms with Crippen molar-refractivity contribution in [2.24, 2.45) is 4.99 Å². The van der Waals surface area contributed by atoms with E-state index in [1.54, 1.807) is 13.4 Å². The molecule has 0 radical (unpaired) electrons. The first-order chi connectivity index (χ1) is 3.77. The van der Waals surface area contributed by atoms with Gasteiger partial charge in [-0.25, -0.2) is 5.43 Å². The van der Waals surface area contributed by atoms with Gasteiger partial charge in [0.25, 0.3) is 0 Å². The molecule has 48 valence electrons. The van der Waals surface area contributed by atoms with Crippen molar-refractivity contribution >= 4 is 6.34 Å². The Kier molecular flexibility index (Phi) is 4.26. The summed E-state index contributed by atoms with van der Waals surface area (Å²) in [6.07, 6.45) is 1.64. The minimum atomic E-state index is 0.371. The summed E-state index contributed by atoms with van der Waals surface area (Å²) in [4.78, 5) is 4.02. The molecule has 0 heterocycles. The smallest absolute Gasteiger partial charge is 0.0969 e. The van der Waals surface area contributed by atoms with E-state index in [2.05, 4.69) is 15.8 Å². The van der Waals surface area contributed by atoms with Gasteiger partial charge in [-0.15, -0.1) is 0 Å². The van der Waals surface area contributed by atoms with E-state index in [-0.39, 0.29) is 0 Å². The van der Waals surface area contributed by atoms with E-state index in [1.807, 2.05) is 13.8 Å². The second kappa shape index (κ2) is 4.59. The standard InChI is InChI=1S/C5H13N3/c1-5(2)7-4-8-6-3/h4-6H,1-3H3,(H,7,8). The van der Waals surface area contributed by atoms with Crippen LogP contribution >= 0.6 is 0 Å². The maximum atomic E-state index is 4.02. The average molecular weight is 115 g/mol. The second-order valence-electron chi connectivity index (χ2n) is 1.77. The third-order valence-electron chi connectivity index (χ3n) is 0.582. The summed E-state index contributed by atoms with van der Waals surface area (Å²) in [5, 5.41) is 0. The Morgan fingerprint density at radius 2 is 2.12 bits per heavy atom. The zero-order chi connectivity index (χ0) is 6.41. The Morgan fingerprint density at radius 3 is 2.50 bits per heavy atom. The van der Waals surface area contributed by atoms with Crippen LogP contribution in [0, 0.1) is 0 Å². The molecule has 0 aromatic rings. The quantitative estimate of drug-likeness (QED) is 0.312. The predicted molar refractivity (Wildman–Crippen MR) is 35.8 cm³/mol. The molecule has 0 saturated heterocycles. The Bertz CT molecular complexity index is 68.1. The highest BCUT2D eigenvalue weighted by atomic mass is 15.3. The summed E-state index contributed by atoms with van der Waals surface area (Å²) in [5.74, 6) is 0. The fourth-order valence-corrected chi connectivity index (χ4v) is 0.251. The Morgan fingerprint density at radius 1 is 1.50 bits per heavy atom. The predicted octanol–water partition coefficient (Wildman–Crippen LogP) is 0.147. The van der Waals surface area contributed by atoms with Gasteiger partial charge in [-0.05, 0) is 13.8 Å². The van der Waals surface area contributed by atoms with Crippen LogP contribution in [0.25, 0.3) is 0 Å². The van der Waals surface area contributed by atoms with E-state index in [1.165, 1.54) is 0 Å². The third-order valence-corrected chi connectivity index (χ3v) is 0.582. The molecule has 3 nitrogen and oxygen atoms in total. The molecule has 0 aromatic heterocycles. The summed E-state index contributed by atoms with van der Waals surface area (Å²) in [6, 6.07) is 0.371. The highest BCUT2D eigenvalue weighted by Gasteiger charge is 1.79. The van der Waals surface area contributed by atoms with Gasteiger partial charge in [0.05, 0.1) is 6.34 Å². The highest BCUT2D eigenvalue weighted by Crippen LogP contribution is 1.79. The maximum absolute atomic E-state index is 4.02. The molecular formula is C5H13N3. The molecule has 0 spiro atoms. The van der Waals surface area contributed by atoms with Crippen molar-refractivity contribution in [1.82, 2.24) is 10.9 Å². The first-order valence-electron chi connectivity index (χ1n) is 2.71. The van der Waals surface area contributed by atoms with Crippen molar-refractivity contribution in [3.63, 3.8) is 0 Å². The monoisotopic (exact) mass is 115 g/mol. The lowest BCUT2D eigenvalue weighted by molar-refractivity contribution is 0.760. The zero-order valence-corrected chi connectivity index (χ0v) is 5.60. The van der Waals surface area contributed by atoms with E-state index >= 15 is 0 Å². The van der Waals surface area contributed by atoms with Crippen LogP contribution in [0.3, 0.4) is 0 Å². The summed E-state index contributed by atoms with van der Waals surface area (Å²) >= 11 is 0. The number of rotatable bonds is 3. The van der Waals surface area contributed by atoms with Crippen LogP contribution < -0.4 is 10.9 Å². The molecule has 0 amide bonds. The first kappa shape index (κ1) is 7.43. The lowest BCUT2D eigenvalue weighted by Crippen LogP contribution is -2.25. The van der Waals surface area contributed by atoms with E-state index in [9.17, 15) is 0 Å². The minimum absolute atomic E-state index is 0.371. The van der Waals surface area contributed by atoms with Crippen LogP contribution in [0.2, 0.25) is 0 Å². The molecule has 8 heavy (non-hydrogen) atoms. The average Bonchev–Trinajstić information content (AvgIpc) is 1.66. The Balaban J connectivity index is 3.07. The summed E-state index contributed by atoms with van der Waals surface area (Å²) in [6.45, 7) is 4.04. The van der Waals surface area contributed by atoms with E-state index < -0.39 is 0 Å². The summed E-state index contributed by atoms with van der Waals surface area (Å²) < 4.78 is 0.